The molecule has 2 rings (SSSR count). The Morgan fingerprint density at radius 1 is 1.58 bits per heavy atom. The van der Waals surface area contributed by atoms with Crippen LogP contribution in [0.1, 0.15) is 51.3 Å². The first-order valence-corrected chi connectivity index (χ1v) is 7.73. The van der Waals surface area contributed by atoms with Gasteiger partial charge < -0.3 is 11.2 Å². The smallest absolute Gasteiger partial charge is 0.230 e. The number of hydrogen-bond donors (Lipinski definition) is 2. The van der Waals surface area contributed by atoms with Crippen LogP contribution < -0.4 is 11.2 Å². The van der Waals surface area contributed by atoms with Gasteiger partial charge in [-0.25, -0.2) is 4.68 Å². The zero-order valence-corrected chi connectivity index (χ0v) is 12.2. The number of nitrogens with one attached hydrogen (secondary N) is 1. The van der Waals surface area contributed by atoms with Gasteiger partial charge in [0.25, 0.3) is 0 Å². The highest BCUT2D eigenvalue weighted by Crippen LogP contribution is 2.39. The number of carbonyl (C=O) groups excluding carboxylic acids is 1. The molecule has 1 aliphatic rings. The van der Waals surface area contributed by atoms with Gasteiger partial charge in [0.2, 0.25) is 11.1 Å². The molecule has 0 aromatic carbocycles. The standard InChI is InChI=1S/C12H21N5OS/c1-3-4-8(2)14-10(18)7-19-12-16-15-11(17(12)13)9-5-6-9/h8-9H,3-7,13H2,1-2H3,(H,14,18)/t8-/m1/s1. The number of nitrogens with two attached hydrogens (primary N) is 1. The van der Waals surface area contributed by atoms with Crippen molar-refractivity contribution in [3.8, 4) is 0 Å². The molecule has 0 spiro atoms. The Hall–Kier alpha value is -1.24. The van der Waals surface area contributed by atoms with Crippen molar-refractivity contribution in [2.24, 2.45) is 0 Å². The molecule has 1 fully saturated rings. The van der Waals surface area contributed by atoms with Crippen molar-refractivity contribution in [1.82, 2.24) is 20.2 Å². The Kier molecular flexibility index (Phi) is 4.68. The lowest BCUT2D eigenvalue weighted by molar-refractivity contribution is -0.119. The van der Waals surface area contributed by atoms with Crippen LogP contribution in [0.4, 0.5) is 0 Å². The summed E-state index contributed by atoms with van der Waals surface area (Å²) in [6, 6.07) is 0.218. The third-order valence-corrected chi connectivity index (χ3v) is 4.04. The van der Waals surface area contributed by atoms with Crippen molar-refractivity contribution >= 4 is 17.7 Å². The lowest BCUT2D eigenvalue weighted by Gasteiger charge is -2.12. The normalized spacial score (nSPS) is 16.3. The number of amides is 1. The van der Waals surface area contributed by atoms with Crippen LogP contribution in [0.15, 0.2) is 5.16 Å². The van der Waals surface area contributed by atoms with E-state index in [1.807, 2.05) is 6.92 Å². The van der Waals surface area contributed by atoms with Crippen LogP contribution in [-0.4, -0.2) is 32.6 Å². The maximum Gasteiger partial charge on any atom is 0.230 e. The Morgan fingerprint density at radius 2 is 2.32 bits per heavy atom. The highest BCUT2D eigenvalue weighted by molar-refractivity contribution is 7.99. The maximum absolute atomic E-state index is 11.7. The molecule has 1 aromatic rings. The zero-order valence-electron chi connectivity index (χ0n) is 11.4. The molecule has 1 atom stereocenters. The van der Waals surface area contributed by atoms with E-state index in [4.69, 9.17) is 5.84 Å². The van der Waals surface area contributed by atoms with Crippen molar-refractivity contribution in [2.75, 3.05) is 11.6 Å². The highest BCUT2D eigenvalue weighted by atomic mass is 32.2. The number of carbonyl (C=O) groups is 1. The molecule has 1 saturated carbocycles. The molecule has 1 amide bonds. The molecule has 7 heteroatoms. The first-order chi connectivity index (χ1) is 9.11. The van der Waals surface area contributed by atoms with Crippen molar-refractivity contribution in [2.45, 2.75) is 56.6 Å². The number of aromatic nitrogens is 3. The second-order valence-electron chi connectivity index (χ2n) is 5.03. The molecule has 0 aliphatic heterocycles. The number of nitrogen functional groups attached to an aromatic ring is 1. The molecule has 19 heavy (non-hydrogen) atoms. The molecular weight excluding hydrogens is 262 g/mol. The fourth-order valence-electron chi connectivity index (χ4n) is 1.96. The summed E-state index contributed by atoms with van der Waals surface area (Å²) in [5, 5.41) is 11.7. The van der Waals surface area contributed by atoms with Gasteiger partial charge in [0.1, 0.15) is 0 Å². The molecular formula is C12H21N5OS. The molecule has 0 radical (unpaired) electrons. The molecule has 0 bridgehead atoms. The lowest BCUT2D eigenvalue weighted by Crippen LogP contribution is -2.33. The first kappa shape index (κ1) is 14.2. The number of rotatable bonds is 7. The third-order valence-electron chi connectivity index (χ3n) is 3.09. The molecule has 1 heterocycles. The van der Waals surface area contributed by atoms with E-state index < -0.39 is 0 Å². The molecule has 1 aliphatic carbocycles. The molecule has 0 saturated heterocycles. The predicted octanol–water partition coefficient (Wildman–Crippen LogP) is 1.27. The van der Waals surface area contributed by atoms with E-state index in [1.165, 1.54) is 16.4 Å². The summed E-state index contributed by atoms with van der Waals surface area (Å²) >= 11 is 1.33. The largest absolute Gasteiger partial charge is 0.353 e. The maximum atomic E-state index is 11.7. The monoisotopic (exact) mass is 283 g/mol. The molecule has 1 aromatic heterocycles. The van der Waals surface area contributed by atoms with Gasteiger partial charge >= 0.3 is 0 Å². The predicted molar refractivity (Wildman–Crippen MR) is 75.4 cm³/mol. The minimum atomic E-state index is 0.0157. The Morgan fingerprint density at radius 3 is 2.95 bits per heavy atom. The van der Waals surface area contributed by atoms with Gasteiger partial charge in [0.15, 0.2) is 5.82 Å². The molecule has 3 N–H and O–H groups in total. The van der Waals surface area contributed by atoms with Gasteiger partial charge in [-0.2, -0.15) is 0 Å². The van der Waals surface area contributed by atoms with Crippen LogP contribution in [0.2, 0.25) is 0 Å². The van der Waals surface area contributed by atoms with Gasteiger partial charge in [0, 0.05) is 12.0 Å². The van der Waals surface area contributed by atoms with Gasteiger partial charge in [-0.1, -0.05) is 25.1 Å². The van der Waals surface area contributed by atoms with Crippen LogP contribution in [-0.2, 0) is 4.79 Å². The number of thioether (sulfide) groups is 1. The highest BCUT2D eigenvalue weighted by Gasteiger charge is 2.30. The fourth-order valence-corrected chi connectivity index (χ4v) is 2.63. The fraction of sp³-hybridized carbons (Fsp3) is 0.750. The Labute approximate surface area is 117 Å². The quantitative estimate of drug-likeness (QED) is 0.581. The average molecular weight is 283 g/mol. The topological polar surface area (TPSA) is 85.8 Å². The van der Waals surface area contributed by atoms with Gasteiger partial charge in [0.05, 0.1) is 5.75 Å². The average Bonchev–Trinajstić information content (AvgIpc) is 3.12. The van der Waals surface area contributed by atoms with Crippen LogP contribution in [0.3, 0.4) is 0 Å². The minimum Gasteiger partial charge on any atom is -0.353 e. The lowest BCUT2D eigenvalue weighted by atomic mass is 10.2. The van der Waals surface area contributed by atoms with E-state index in [0.29, 0.717) is 16.8 Å². The van der Waals surface area contributed by atoms with E-state index in [-0.39, 0.29) is 11.9 Å². The van der Waals surface area contributed by atoms with E-state index in [2.05, 4.69) is 22.4 Å². The Bertz CT molecular complexity index is 443. The van der Waals surface area contributed by atoms with Gasteiger partial charge in [-0.3, -0.25) is 4.79 Å². The second kappa shape index (κ2) is 6.27. The SMILES string of the molecule is CCC[C@@H](C)NC(=O)CSc1nnc(C2CC2)n1N. The van der Waals surface area contributed by atoms with Gasteiger partial charge in [-0.05, 0) is 26.2 Å². The minimum absolute atomic E-state index is 0.0157. The van der Waals surface area contributed by atoms with Crippen molar-refractivity contribution in [1.29, 1.82) is 0 Å². The summed E-state index contributed by atoms with van der Waals surface area (Å²) in [7, 11) is 0. The van der Waals surface area contributed by atoms with Crippen molar-refractivity contribution in [3.63, 3.8) is 0 Å². The summed E-state index contributed by atoms with van der Waals surface area (Å²) in [6.45, 7) is 4.12. The van der Waals surface area contributed by atoms with Crippen LogP contribution in [0.5, 0.6) is 0 Å². The summed E-state index contributed by atoms with van der Waals surface area (Å²) in [5.74, 6) is 7.56. The van der Waals surface area contributed by atoms with Crippen molar-refractivity contribution < 1.29 is 4.79 Å². The number of hydrogen-bond acceptors (Lipinski definition) is 5. The van der Waals surface area contributed by atoms with Gasteiger partial charge in [-0.15, -0.1) is 10.2 Å². The van der Waals surface area contributed by atoms with Crippen LogP contribution >= 0.6 is 11.8 Å². The van der Waals surface area contributed by atoms with E-state index in [9.17, 15) is 4.79 Å². The molecule has 6 nitrogen and oxygen atoms in total. The van der Waals surface area contributed by atoms with E-state index >= 15 is 0 Å². The van der Waals surface area contributed by atoms with E-state index in [0.717, 1.165) is 31.5 Å². The zero-order chi connectivity index (χ0) is 13.8. The molecule has 0 unspecified atom stereocenters. The van der Waals surface area contributed by atoms with Crippen LogP contribution in [0, 0.1) is 0 Å². The first-order valence-electron chi connectivity index (χ1n) is 6.74. The van der Waals surface area contributed by atoms with Crippen molar-refractivity contribution in [3.05, 3.63) is 5.82 Å². The second-order valence-corrected chi connectivity index (χ2v) is 5.97. The summed E-state index contributed by atoms with van der Waals surface area (Å²) in [6.07, 6.45) is 4.33. The van der Waals surface area contributed by atoms with Crippen LogP contribution in [0.25, 0.3) is 0 Å². The summed E-state index contributed by atoms with van der Waals surface area (Å²) < 4.78 is 1.52. The summed E-state index contributed by atoms with van der Waals surface area (Å²) in [4.78, 5) is 11.7. The number of nitrogens with zero attached hydrogens (tertiary/aromatic N) is 3. The summed E-state index contributed by atoms with van der Waals surface area (Å²) in [5.41, 5.74) is 0. The van der Waals surface area contributed by atoms with E-state index in [1.54, 1.807) is 0 Å². The molecule has 106 valence electrons. The third kappa shape index (κ3) is 3.86. The Balaban J connectivity index is 1.80.